The van der Waals surface area contributed by atoms with Crippen LogP contribution in [0.25, 0.3) is 0 Å². The largest absolute Gasteiger partial charge is 0.120 e. The summed E-state index contributed by atoms with van der Waals surface area (Å²) in [6.07, 6.45) is 7.10. The predicted molar refractivity (Wildman–Crippen MR) is 82.0 cm³/mol. The minimum atomic E-state index is -1.54. The minimum absolute atomic E-state index is 0.595. The molecule has 0 aromatic heterocycles. The van der Waals surface area contributed by atoms with Crippen LogP contribution < -0.4 is 5.19 Å². The van der Waals surface area contributed by atoms with Crippen LogP contribution >= 0.6 is 0 Å². The third-order valence-electron chi connectivity index (χ3n) is 4.95. The molecular weight excluding hydrogens is 232 g/mol. The zero-order valence-electron chi connectivity index (χ0n) is 11.8. The van der Waals surface area contributed by atoms with E-state index in [0.717, 1.165) is 11.1 Å². The van der Waals surface area contributed by atoms with Crippen molar-refractivity contribution < 1.29 is 0 Å². The molecular formula is C17H22Si. The van der Waals surface area contributed by atoms with E-state index in [1.807, 2.05) is 0 Å². The molecule has 0 nitrogen and oxygen atoms in total. The molecule has 0 N–H and O–H groups in total. The number of fused-ring (bicyclic) bond motifs is 3. The summed E-state index contributed by atoms with van der Waals surface area (Å²) in [4.78, 5) is 0. The van der Waals surface area contributed by atoms with Crippen LogP contribution in [0.4, 0.5) is 0 Å². The SMILES string of the molecule is CC(C)[Si]1(C(C)C)C2=CC=CC2c2ccccc21. The van der Waals surface area contributed by atoms with E-state index in [1.165, 1.54) is 0 Å². The molecule has 0 radical (unpaired) electrons. The molecule has 1 aliphatic heterocycles. The van der Waals surface area contributed by atoms with Gasteiger partial charge in [0.25, 0.3) is 0 Å². The summed E-state index contributed by atoms with van der Waals surface area (Å²) >= 11 is 0. The molecule has 2 aliphatic rings. The Balaban J connectivity index is 2.32. The van der Waals surface area contributed by atoms with Gasteiger partial charge >= 0.3 is 0 Å². The van der Waals surface area contributed by atoms with Gasteiger partial charge in [0.2, 0.25) is 0 Å². The fourth-order valence-electron chi connectivity index (χ4n) is 4.40. The van der Waals surface area contributed by atoms with E-state index in [0.29, 0.717) is 5.92 Å². The summed E-state index contributed by atoms with van der Waals surface area (Å²) in [5, 5.41) is 3.46. The van der Waals surface area contributed by atoms with Crippen molar-refractivity contribution in [3.05, 3.63) is 53.3 Å². The lowest BCUT2D eigenvalue weighted by atomic mass is 10.0. The quantitative estimate of drug-likeness (QED) is 0.691. The molecule has 0 saturated carbocycles. The van der Waals surface area contributed by atoms with Gasteiger partial charge in [0.1, 0.15) is 8.07 Å². The first-order valence-electron chi connectivity index (χ1n) is 7.08. The van der Waals surface area contributed by atoms with Gasteiger partial charge in [-0.2, -0.15) is 0 Å². The van der Waals surface area contributed by atoms with E-state index in [-0.39, 0.29) is 0 Å². The minimum Gasteiger partial charge on any atom is -0.0733 e. The number of rotatable bonds is 2. The molecule has 0 spiro atoms. The maximum absolute atomic E-state index is 2.44. The maximum Gasteiger partial charge on any atom is 0.120 e. The normalized spacial score (nSPS) is 23.4. The molecule has 1 aromatic carbocycles. The lowest BCUT2D eigenvalue weighted by Crippen LogP contribution is -2.52. The summed E-state index contributed by atoms with van der Waals surface area (Å²) in [6, 6.07) is 9.20. The van der Waals surface area contributed by atoms with Crippen molar-refractivity contribution in [3.8, 4) is 0 Å². The van der Waals surface area contributed by atoms with E-state index >= 15 is 0 Å². The lowest BCUT2D eigenvalue weighted by Gasteiger charge is -2.38. The van der Waals surface area contributed by atoms with Crippen molar-refractivity contribution in [2.24, 2.45) is 0 Å². The number of allylic oxidation sites excluding steroid dienone is 4. The van der Waals surface area contributed by atoms with Gasteiger partial charge in [-0.25, -0.2) is 0 Å². The highest BCUT2D eigenvalue weighted by Crippen LogP contribution is 2.51. The van der Waals surface area contributed by atoms with Crippen molar-refractivity contribution in [1.29, 1.82) is 0 Å². The summed E-state index contributed by atoms with van der Waals surface area (Å²) < 4.78 is 0. The molecule has 0 fully saturated rings. The molecule has 3 rings (SSSR count). The first-order chi connectivity index (χ1) is 8.60. The van der Waals surface area contributed by atoms with Gasteiger partial charge in [-0.3, -0.25) is 0 Å². The average Bonchev–Trinajstić information content (AvgIpc) is 2.86. The molecule has 1 atom stereocenters. The molecule has 1 unspecified atom stereocenters. The smallest absolute Gasteiger partial charge is 0.0733 e. The Labute approximate surface area is 111 Å². The van der Waals surface area contributed by atoms with E-state index in [2.05, 4.69) is 70.2 Å². The maximum atomic E-state index is 2.44. The molecule has 1 heterocycles. The Morgan fingerprint density at radius 3 is 2.33 bits per heavy atom. The monoisotopic (exact) mass is 254 g/mol. The Morgan fingerprint density at radius 1 is 1.00 bits per heavy atom. The average molecular weight is 254 g/mol. The first-order valence-corrected chi connectivity index (χ1v) is 9.23. The zero-order valence-corrected chi connectivity index (χ0v) is 12.8. The van der Waals surface area contributed by atoms with Crippen molar-refractivity contribution in [1.82, 2.24) is 0 Å². The topological polar surface area (TPSA) is 0 Å². The van der Waals surface area contributed by atoms with E-state index in [1.54, 1.807) is 15.9 Å². The Hall–Kier alpha value is -1.08. The van der Waals surface area contributed by atoms with Gasteiger partial charge < -0.3 is 0 Å². The van der Waals surface area contributed by atoms with Gasteiger partial charge in [0, 0.05) is 5.92 Å². The molecule has 1 aromatic rings. The number of hydrogen-bond acceptors (Lipinski definition) is 0. The zero-order chi connectivity index (χ0) is 12.9. The highest BCUT2D eigenvalue weighted by Gasteiger charge is 2.53. The predicted octanol–water partition coefficient (Wildman–Crippen LogP) is 4.30. The van der Waals surface area contributed by atoms with Crippen LogP contribution in [-0.4, -0.2) is 8.07 Å². The van der Waals surface area contributed by atoms with Crippen molar-refractivity contribution >= 4 is 13.3 Å². The third kappa shape index (κ3) is 1.26. The lowest BCUT2D eigenvalue weighted by molar-refractivity contribution is 0.914. The molecule has 94 valence electrons. The van der Waals surface area contributed by atoms with Crippen LogP contribution in [0.5, 0.6) is 0 Å². The highest BCUT2D eigenvalue weighted by atomic mass is 28.3. The molecule has 0 saturated heterocycles. The van der Waals surface area contributed by atoms with Crippen molar-refractivity contribution in [3.63, 3.8) is 0 Å². The van der Waals surface area contributed by atoms with E-state index < -0.39 is 8.07 Å². The summed E-state index contributed by atoms with van der Waals surface area (Å²) in [5.41, 5.74) is 3.14. The van der Waals surface area contributed by atoms with Gasteiger partial charge in [-0.1, -0.05) is 75.4 Å². The van der Waals surface area contributed by atoms with Gasteiger partial charge in [-0.15, -0.1) is 0 Å². The van der Waals surface area contributed by atoms with Crippen molar-refractivity contribution in [2.45, 2.75) is 44.7 Å². The second-order valence-electron chi connectivity index (χ2n) is 6.25. The summed E-state index contributed by atoms with van der Waals surface area (Å²) in [5.74, 6) is 0.595. The van der Waals surface area contributed by atoms with Crippen molar-refractivity contribution in [2.75, 3.05) is 0 Å². The second-order valence-corrected chi connectivity index (χ2v) is 11.4. The Bertz CT molecular complexity index is 526. The molecule has 1 heteroatoms. The van der Waals surface area contributed by atoms with E-state index in [9.17, 15) is 0 Å². The van der Waals surface area contributed by atoms with Gasteiger partial charge in [-0.05, 0) is 21.8 Å². The fourth-order valence-corrected chi connectivity index (χ4v) is 10.8. The Kier molecular flexibility index (Phi) is 2.63. The molecule has 18 heavy (non-hydrogen) atoms. The molecule has 0 amide bonds. The standard InChI is InChI=1S/C17H22Si/c1-12(2)18(13(3)4)16-10-6-5-8-14(16)15-9-7-11-17(15)18/h5-13,15H,1-4H3. The molecule has 0 bridgehead atoms. The van der Waals surface area contributed by atoms with Crippen LogP contribution in [0.3, 0.4) is 0 Å². The fraction of sp³-hybridized carbons (Fsp3) is 0.412. The highest BCUT2D eigenvalue weighted by molar-refractivity contribution is 7.01. The third-order valence-corrected chi connectivity index (χ3v) is 11.4. The van der Waals surface area contributed by atoms with Gasteiger partial charge in [0.15, 0.2) is 0 Å². The van der Waals surface area contributed by atoms with Crippen LogP contribution in [0.1, 0.15) is 39.2 Å². The Morgan fingerprint density at radius 2 is 1.67 bits per heavy atom. The van der Waals surface area contributed by atoms with Crippen LogP contribution in [0.2, 0.25) is 11.1 Å². The van der Waals surface area contributed by atoms with Crippen LogP contribution in [0.15, 0.2) is 47.7 Å². The van der Waals surface area contributed by atoms with E-state index in [4.69, 9.17) is 0 Å². The van der Waals surface area contributed by atoms with Crippen LogP contribution in [0, 0.1) is 0 Å². The first kappa shape index (κ1) is 12.0. The second kappa shape index (κ2) is 3.96. The summed E-state index contributed by atoms with van der Waals surface area (Å²) in [6.45, 7) is 9.74. The number of hydrogen-bond donors (Lipinski definition) is 0. The van der Waals surface area contributed by atoms with Crippen LogP contribution in [-0.2, 0) is 0 Å². The molecule has 1 aliphatic carbocycles. The number of benzene rings is 1. The summed E-state index contributed by atoms with van der Waals surface area (Å²) in [7, 11) is -1.54. The van der Waals surface area contributed by atoms with Gasteiger partial charge in [0.05, 0.1) is 0 Å².